The van der Waals surface area contributed by atoms with Gasteiger partial charge in [-0.3, -0.25) is 4.99 Å². The lowest BCUT2D eigenvalue weighted by Crippen LogP contribution is -2.48. The van der Waals surface area contributed by atoms with E-state index in [2.05, 4.69) is 22.2 Å². The quantitative estimate of drug-likeness (QED) is 0.370. The van der Waals surface area contributed by atoms with Gasteiger partial charge in [0.15, 0.2) is 5.96 Å². The number of nitrogens with zero attached hydrogens (tertiary/aromatic N) is 3. The summed E-state index contributed by atoms with van der Waals surface area (Å²) in [5, 5.41) is 4.35. The largest absolute Gasteiger partial charge is 0.450 e. The molecule has 25 heavy (non-hydrogen) atoms. The highest BCUT2D eigenvalue weighted by molar-refractivity contribution is 14.0. The van der Waals surface area contributed by atoms with Crippen molar-refractivity contribution in [3.8, 4) is 0 Å². The van der Waals surface area contributed by atoms with Crippen molar-refractivity contribution in [3.05, 3.63) is 16.1 Å². The Hall–Kier alpha value is -1.10. The Labute approximate surface area is 170 Å². The van der Waals surface area contributed by atoms with Crippen LogP contribution >= 0.6 is 35.3 Å². The van der Waals surface area contributed by atoms with Crippen LogP contribution in [0.1, 0.15) is 36.6 Å². The molecule has 0 saturated carbocycles. The van der Waals surface area contributed by atoms with Gasteiger partial charge in [0.25, 0.3) is 0 Å². The summed E-state index contributed by atoms with van der Waals surface area (Å²) in [6.45, 7) is 6.36. The monoisotopic (exact) mass is 481 g/mol. The average molecular weight is 481 g/mol. The van der Waals surface area contributed by atoms with Gasteiger partial charge in [0.05, 0.1) is 11.6 Å². The Morgan fingerprint density at radius 3 is 2.80 bits per heavy atom. The fourth-order valence-electron chi connectivity index (χ4n) is 2.57. The molecule has 0 unspecified atom stereocenters. The Kier molecular flexibility index (Phi) is 10.1. The van der Waals surface area contributed by atoms with Crippen LogP contribution in [0.3, 0.4) is 0 Å². The molecule has 0 bridgehead atoms. The zero-order valence-corrected chi connectivity index (χ0v) is 18.0. The topological polar surface area (TPSA) is 92.8 Å². The number of aryl methyl sites for hydroxylation is 1. The Balaban J connectivity index is 0.00000312. The number of nitrogens with two attached hydrogens (primary N) is 1. The van der Waals surface area contributed by atoms with Gasteiger partial charge < -0.3 is 20.7 Å². The first-order valence-electron chi connectivity index (χ1n) is 8.54. The van der Waals surface area contributed by atoms with E-state index in [1.54, 1.807) is 16.2 Å². The van der Waals surface area contributed by atoms with Crippen LogP contribution < -0.4 is 11.1 Å². The number of aliphatic imine (C=N–C) groups is 1. The summed E-state index contributed by atoms with van der Waals surface area (Å²) < 4.78 is 5.02. The van der Waals surface area contributed by atoms with Gasteiger partial charge in [-0.2, -0.15) is 0 Å². The van der Waals surface area contributed by atoms with Gasteiger partial charge in [-0.1, -0.05) is 6.92 Å². The molecule has 0 aromatic carbocycles. The Morgan fingerprint density at radius 2 is 2.20 bits per heavy atom. The number of rotatable bonds is 6. The van der Waals surface area contributed by atoms with Crippen LogP contribution in [0, 0.1) is 0 Å². The summed E-state index contributed by atoms with van der Waals surface area (Å²) in [5.74, 6) is 0.469. The van der Waals surface area contributed by atoms with E-state index in [-0.39, 0.29) is 36.1 Å². The van der Waals surface area contributed by atoms with Crippen LogP contribution in [0.2, 0.25) is 0 Å². The number of likely N-dealkylation sites (tertiary alicyclic amines) is 1. The zero-order chi connectivity index (χ0) is 17.4. The first-order chi connectivity index (χ1) is 11.6. The SMILES string of the molecule is CCOC(=O)N1CCC(NC(N)=NCCc2ncc(CC)s2)CC1.I. The van der Waals surface area contributed by atoms with E-state index in [1.165, 1.54) is 4.88 Å². The molecule has 2 heterocycles. The third kappa shape index (κ3) is 7.35. The second kappa shape index (κ2) is 11.5. The Bertz CT molecular complexity index is 558. The van der Waals surface area contributed by atoms with Crippen molar-refractivity contribution in [1.82, 2.24) is 15.2 Å². The van der Waals surface area contributed by atoms with Gasteiger partial charge in [0, 0.05) is 43.2 Å². The summed E-state index contributed by atoms with van der Waals surface area (Å²) in [5.41, 5.74) is 5.96. The number of amides is 1. The van der Waals surface area contributed by atoms with Crippen LogP contribution in [0.5, 0.6) is 0 Å². The summed E-state index contributed by atoms with van der Waals surface area (Å²) in [7, 11) is 0. The number of carbonyl (C=O) groups is 1. The van der Waals surface area contributed by atoms with Crippen molar-refractivity contribution in [2.24, 2.45) is 10.7 Å². The first-order valence-corrected chi connectivity index (χ1v) is 9.35. The predicted octanol–water partition coefficient (Wildman–Crippen LogP) is 2.39. The van der Waals surface area contributed by atoms with Gasteiger partial charge in [0.1, 0.15) is 0 Å². The van der Waals surface area contributed by atoms with Gasteiger partial charge >= 0.3 is 6.09 Å². The molecular weight excluding hydrogens is 453 g/mol. The highest BCUT2D eigenvalue weighted by Gasteiger charge is 2.23. The van der Waals surface area contributed by atoms with Crippen molar-refractivity contribution < 1.29 is 9.53 Å². The molecule has 7 nitrogen and oxygen atoms in total. The summed E-state index contributed by atoms with van der Waals surface area (Å²) in [6.07, 6.45) is 5.24. The van der Waals surface area contributed by atoms with Crippen molar-refractivity contribution in [3.63, 3.8) is 0 Å². The number of thiazole rings is 1. The zero-order valence-electron chi connectivity index (χ0n) is 14.9. The second-order valence-corrected chi connectivity index (χ2v) is 6.90. The summed E-state index contributed by atoms with van der Waals surface area (Å²) >= 11 is 1.74. The van der Waals surface area contributed by atoms with Crippen LogP contribution in [0.25, 0.3) is 0 Å². The van der Waals surface area contributed by atoms with Crippen molar-refractivity contribution >= 4 is 47.4 Å². The molecular formula is C16H28IN5O2S. The van der Waals surface area contributed by atoms with Crippen LogP contribution in [-0.2, 0) is 17.6 Å². The molecule has 1 aliphatic heterocycles. The van der Waals surface area contributed by atoms with E-state index in [9.17, 15) is 4.79 Å². The lowest BCUT2D eigenvalue weighted by molar-refractivity contribution is 0.0963. The van der Waals surface area contributed by atoms with Crippen molar-refractivity contribution in [2.45, 2.75) is 45.6 Å². The number of carbonyl (C=O) groups excluding carboxylic acids is 1. The molecule has 3 N–H and O–H groups in total. The van der Waals surface area contributed by atoms with E-state index in [4.69, 9.17) is 10.5 Å². The van der Waals surface area contributed by atoms with Gasteiger partial charge in [-0.25, -0.2) is 9.78 Å². The average Bonchev–Trinajstić information content (AvgIpc) is 3.04. The smallest absolute Gasteiger partial charge is 0.409 e. The van der Waals surface area contributed by atoms with E-state index in [0.29, 0.717) is 32.2 Å². The molecule has 1 aromatic rings. The van der Waals surface area contributed by atoms with Crippen LogP contribution in [-0.4, -0.2) is 54.2 Å². The lowest BCUT2D eigenvalue weighted by atomic mass is 10.1. The molecule has 142 valence electrons. The minimum atomic E-state index is -0.229. The molecule has 1 aliphatic rings. The van der Waals surface area contributed by atoms with E-state index in [1.807, 2.05) is 13.1 Å². The molecule has 0 aliphatic carbocycles. The molecule has 0 radical (unpaired) electrons. The lowest BCUT2D eigenvalue weighted by Gasteiger charge is -2.31. The standard InChI is InChI=1S/C16H27N5O2S.HI/c1-3-13-11-19-14(24-13)5-8-18-15(17)20-12-6-9-21(10-7-12)16(22)23-4-2;/h11-12H,3-10H2,1-2H3,(H3,17,18,20);1H. The minimum absolute atomic E-state index is 0. The number of halogens is 1. The molecule has 1 aromatic heterocycles. The summed E-state index contributed by atoms with van der Waals surface area (Å²) in [6, 6.07) is 0.256. The highest BCUT2D eigenvalue weighted by atomic mass is 127. The molecule has 0 atom stereocenters. The third-order valence-electron chi connectivity index (χ3n) is 3.93. The number of guanidine groups is 1. The van der Waals surface area contributed by atoms with E-state index < -0.39 is 0 Å². The molecule has 1 amide bonds. The number of hydrogen-bond donors (Lipinski definition) is 2. The van der Waals surface area contributed by atoms with Crippen molar-refractivity contribution in [1.29, 1.82) is 0 Å². The number of piperidine rings is 1. The second-order valence-electron chi connectivity index (χ2n) is 5.70. The molecule has 1 saturated heterocycles. The van der Waals surface area contributed by atoms with Gasteiger partial charge in [-0.15, -0.1) is 35.3 Å². The fraction of sp³-hybridized carbons (Fsp3) is 0.688. The van der Waals surface area contributed by atoms with Gasteiger partial charge in [-0.05, 0) is 26.2 Å². The molecule has 0 spiro atoms. The molecule has 9 heteroatoms. The van der Waals surface area contributed by atoms with E-state index >= 15 is 0 Å². The maximum absolute atomic E-state index is 11.7. The number of ether oxygens (including phenoxy) is 1. The normalized spacial score (nSPS) is 15.6. The molecule has 2 rings (SSSR count). The minimum Gasteiger partial charge on any atom is -0.450 e. The van der Waals surface area contributed by atoms with Crippen LogP contribution in [0.15, 0.2) is 11.2 Å². The highest BCUT2D eigenvalue weighted by Crippen LogP contribution is 2.14. The Morgan fingerprint density at radius 1 is 1.48 bits per heavy atom. The predicted molar refractivity (Wildman–Crippen MR) is 112 cm³/mol. The van der Waals surface area contributed by atoms with Crippen molar-refractivity contribution in [2.75, 3.05) is 26.2 Å². The fourth-order valence-corrected chi connectivity index (χ4v) is 3.43. The number of nitrogens with one attached hydrogen (secondary N) is 1. The number of aromatic nitrogens is 1. The number of hydrogen-bond acceptors (Lipinski definition) is 5. The third-order valence-corrected chi connectivity index (χ3v) is 5.13. The summed E-state index contributed by atoms with van der Waals surface area (Å²) in [4.78, 5) is 23.4. The van der Waals surface area contributed by atoms with Crippen LogP contribution in [0.4, 0.5) is 4.79 Å². The maximum Gasteiger partial charge on any atom is 0.409 e. The van der Waals surface area contributed by atoms with E-state index in [0.717, 1.165) is 30.7 Å². The first kappa shape index (κ1) is 21.9. The van der Waals surface area contributed by atoms with Gasteiger partial charge in [0.2, 0.25) is 0 Å². The maximum atomic E-state index is 11.7. The molecule has 1 fully saturated rings.